The van der Waals surface area contributed by atoms with Crippen LogP contribution in [0.5, 0.6) is 0 Å². The van der Waals surface area contributed by atoms with Gasteiger partial charge in [0.1, 0.15) is 17.1 Å². The minimum atomic E-state index is -0.947. The van der Waals surface area contributed by atoms with Gasteiger partial charge in [0.25, 0.3) is 5.91 Å². The number of thioether (sulfide) groups is 1. The molecule has 18 heavy (non-hydrogen) atoms. The van der Waals surface area contributed by atoms with Gasteiger partial charge in [0.05, 0.1) is 11.8 Å². The minimum absolute atomic E-state index is 0.152. The molecule has 1 aromatic rings. The van der Waals surface area contributed by atoms with Crippen molar-refractivity contribution in [1.29, 1.82) is 0 Å². The van der Waals surface area contributed by atoms with Gasteiger partial charge in [-0.2, -0.15) is 0 Å². The molecule has 0 radical (unpaired) electrons. The van der Waals surface area contributed by atoms with Crippen molar-refractivity contribution in [3.8, 4) is 0 Å². The maximum Gasteiger partial charge on any atom is 0.327 e. The van der Waals surface area contributed by atoms with E-state index in [4.69, 9.17) is 5.11 Å². The third-order valence-electron chi connectivity index (χ3n) is 2.96. The number of β-lactam (4-membered cyclic amide) rings is 1. The lowest BCUT2D eigenvalue weighted by Gasteiger charge is -2.38. The third-order valence-corrected chi connectivity index (χ3v) is 4.26. The summed E-state index contributed by atoms with van der Waals surface area (Å²) in [6.45, 7) is 0. The number of aliphatic carboxylic acids is 1. The van der Waals surface area contributed by atoms with Crippen molar-refractivity contribution in [1.82, 2.24) is 19.9 Å². The lowest BCUT2D eigenvalue weighted by Crippen LogP contribution is -2.56. The van der Waals surface area contributed by atoms with E-state index in [1.165, 1.54) is 16.7 Å². The summed E-state index contributed by atoms with van der Waals surface area (Å²) in [5.74, 6) is -0.733. The van der Waals surface area contributed by atoms with Crippen LogP contribution in [0.25, 0.3) is 6.08 Å². The number of nitrogens with zero attached hydrogens (tertiary/aromatic N) is 4. The van der Waals surface area contributed by atoms with Gasteiger partial charge in [-0.15, -0.1) is 16.9 Å². The van der Waals surface area contributed by atoms with Gasteiger partial charge in [0.2, 0.25) is 0 Å². The summed E-state index contributed by atoms with van der Waals surface area (Å²) in [5, 5.41) is 16.5. The van der Waals surface area contributed by atoms with Gasteiger partial charge in [-0.1, -0.05) is 5.21 Å². The van der Waals surface area contributed by atoms with Crippen molar-refractivity contribution < 1.29 is 14.7 Å². The van der Waals surface area contributed by atoms with Gasteiger partial charge in [0, 0.05) is 12.8 Å². The van der Waals surface area contributed by atoms with E-state index in [9.17, 15) is 9.59 Å². The molecule has 1 aromatic heterocycles. The van der Waals surface area contributed by atoms with Gasteiger partial charge in [-0.05, 0) is 6.08 Å². The molecule has 0 aromatic carbocycles. The number of amides is 1. The highest BCUT2D eigenvalue weighted by molar-refractivity contribution is 8.00. The molecule has 94 valence electrons. The van der Waals surface area contributed by atoms with Gasteiger partial charge < -0.3 is 10.0 Å². The Balaban J connectivity index is 1.84. The SMILES string of the molecule is Cn1cc(/C=C2/C(=O)N3C(C(=O)O)CSC23)nn1. The Kier molecular flexibility index (Phi) is 2.40. The fourth-order valence-electron chi connectivity index (χ4n) is 2.10. The van der Waals surface area contributed by atoms with Crippen molar-refractivity contribution in [2.75, 3.05) is 5.75 Å². The monoisotopic (exact) mass is 266 g/mol. The van der Waals surface area contributed by atoms with E-state index in [1.54, 1.807) is 24.0 Å². The van der Waals surface area contributed by atoms with E-state index >= 15 is 0 Å². The summed E-state index contributed by atoms with van der Waals surface area (Å²) >= 11 is 1.47. The Morgan fingerprint density at radius 2 is 2.44 bits per heavy atom. The molecule has 2 aliphatic heterocycles. The van der Waals surface area contributed by atoms with Crippen LogP contribution in [0.3, 0.4) is 0 Å². The van der Waals surface area contributed by atoms with Crippen LogP contribution in [0.4, 0.5) is 0 Å². The van der Waals surface area contributed by atoms with Gasteiger partial charge in [0.15, 0.2) is 0 Å². The molecule has 8 heteroatoms. The number of carboxylic acid groups (broad SMARTS) is 1. The van der Waals surface area contributed by atoms with Crippen molar-refractivity contribution in [3.63, 3.8) is 0 Å². The molecule has 2 fully saturated rings. The van der Waals surface area contributed by atoms with Crippen molar-refractivity contribution in [2.24, 2.45) is 7.05 Å². The van der Waals surface area contributed by atoms with E-state index in [-0.39, 0.29) is 11.3 Å². The van der Waals surface area contributed by atoms with Crippen LogP contribution in [0.2, 0.25) is 0 Å². The normalized spacial score (nSPS) is 28.4. The summed E-state index contributed by atoms with van der Waals surface area (Å²) in [7, 11) is 1.74. The summed E-state index contributed by atoms with van der Waals surface area (Å²) in [5.41, 5.74) is 1.21. The first kappa shape index (κ1) is 11.3. The molecular formula is C10H10N4O3S. The van der Waals surface area contributed by atoms with E-state index < -0.39 is 12.0 Å². The Bertz CT molecular complexity index is 567. The molecule has 1 amide bonds. The highest BCUT2D eigenvalue weighted by atomic mass is 32.2. The van der Waals surface area contributed by atoms with Gasteiger partial charge in [-0.25, -0.2) is 4.79 Å². The first-order chi connectivity index (χ1) is 8.58. The van der Waals surface area contributed by atoms with Crippen molar-refractivity contribution in [3.05, 3.63) is 17.5 Å². The summed E-state index contributed by atoms with van der Waals surface area (Å²) < 4.78 is 1.55. The van der Waals surface area contributed by atoms with Crippen LogP contribution in [0.15, 0.2) is 11.8 Å². The number of rotatable bonds is 2. The Hall–Kier alpha value is -1.83. The third kappa shape index (κ3) is 1.52. The quantitative estimate of drug-likeness (QED) is 0.577. The summed E-state index contributed by atoms with van der Waals surface area (Å²) in [6.07, 6.45) is 3.38. The molecule has 2 aliphatic rings. The molecule has 2 saturated heterocycles. The molecule has 0 spiro atoms. The lowest BCUT2D eigenvalue weighted by molar-refractivity contribution is -0.150. The van der Waals surface area contributed by atoms with E-state index in [0.29, 0.717) is 17.0 Å². The number of hydrogen-bond acceptors (Lipinski definition) is 5. The average molecular weight is 266 g/mol. The highest BCUT2D eigenvalue weighted by Gasteiger charge is 2.53. The molecule has 1 N–H and O–H groups in total. The molecule has 3 rings (SSSR count). The Morgan fingerprint density at radius 3 is 3.06 bits per heavy atom. The molecule has 0 saturated carbocycles. The summed E-state index contributed by atoms with van der Waals surface area (Å²) in [4.78, 5) is 24.3. The number of aryl methyl sites for hydroxylation is 1. The van der Waals surface area contributed by atoms with Crippen molar-refractivity contribution in [2.45, 2.75) is 11.4 Å². The second-order valence-electron chi connectivity index (χ2n) is 4.17. The molecule has 0 aliphatic carbocycles. The van der Waals surface area contributed by atoms with Crippen LogP contribution in [-0.2, 0) is 16.6 Å². The second-order valence-corrected chi connectivity index (χ2v) is 5.28. The number of aromatic nitrogens is 3. The van der Waals surface area contributed by atoms with Crippen LogP contribution in [0.1, 0.15) is 5.69 Å². The largest absolute Gasteiger partial charge is 0.480 e. The van der Waals surface area contributed by atoms with Gasteiger partial charge in [-0.3, -0.25) is 9.48 Å². The predicted octanol–water partition coefficient (Wildman–Crippen LogP) is -0.433. The standard InChI is InChI=1S/C10H10N4O3S/c1-13-3-5(11-12-13)2-6-8(15)14-7(10(16)17)4-18-9(6)14/h2-3,7,9H,4H2,1H3,(H,16,17)/b6-2-. The first-order valence-electron chi connectivity index (χ1n) is 5.33. The number of carbonyl (C=O) groups excluding carboxylic acids is 1. The molecule has 2 atom stereocenters. The molecule has 0 bridgehead atoms. The molecule has 3 heterocycles. The van der Waals surface area contributed by atoms with Gasteiger partial charge >= 0.3 is 5.97 Å². The molecular weight excluding hydrogens is 256 g/mol. The van der Waals surface area contributed by atoms with E-state index in [1.807, 2.05) is 0 Å². The smallest absolute Gasteiger partial charge is 0.327 e. The number of carboxylic acids is 1. The zero-order valence-corrected chi connectivity index (χ0v) is 10.3. The fraction of sp³-hybridized carbons (Fsp3) is 0.400. The summed E-state index contributed by atoms with van der Waals surface area (Å²) in [6, 6.07) is -0.702. The van der Waals surface area contributed by atoms with Crippen LogP contribution in [0, 0.1) is 0 Å². The number of carbonyl (C=O) groups is 2. The Morgan fingerprint density at radius 1 is 1.67 bits per heavy atom. The predicted molar refractivity (Wildman–Crippen MR) is 63.5 cm³/mol. The molecule has 7 nitrogen and oxygen atoms in total. The molecule has 2 unspecified atom stereocenters. The minimum Gasteiger partial charge on any atom is -0.480 e. The number of fused-ring (bicyclic) bond motifs is 1. The van der Waals surface area contributed by atoms with Crippen LogP contribution in [-0.4, -0.2) is 54.0 Å². The van der Waals surface area contributed by atoms with Crippen LogP contribution < -0.4 is 0 Å². The first-order valence-corrected chi connectivity index (χ1v) is 6.38. The van der Waals surface area contributed by atoms with Crippen molar-refractivity contribution >= 4 is 29.7 Å². The Labute approximate surface area is 106 Å². The van der Waals surface area contributed by atoms with Crippen LogP contribution >= 0.6 is 11.8 Å². The van der Waals surface area contributed by atoms with E-state index in [2.05, 4.69) is 10.3 Å². The van der Waals surface area contributed by atoms with E-state index in [0.717, 1.165) is 0 Å². The maximum absolute atomic E-state index is 11.9. The topological polar surface area (TPSA) is 88.3 Å². The zero-order chi connectivity index (χ0) is 12.9. The highest BCUT2D eigenvalue weighted by Crippen LogP contribution is 2.43. The zero-order valence-electron chi connectivity index (χ0n) is 9.48. The average Bonchev–Trinajstić information content (AvgIpc) is 2.89. The number of hydrogen-bond donors (Lipinski definition) is 1. The maximum atomic E-state index is 11.9. The second kappa shape index (κ2) is 3.84. The fourth-order valence-corrected chi connectivity index (χ4v) is 3.52. The lowest BCUT2D eigenvalue weighted by atomic mass is 10.0.